The van der Waals surface area contributed by atoms with Crippen molar-refractivity contribution in [2.45, 2.75) is 124 Å². The predicted octanol–water partition coefficient (Wildman–Crippen LogP) is 11.8. The van der Waals surface area contributed by atoms with Gasteiger partial charge in [0, 0.05) is 12.2 Å². The van der Waals surface area contributed by atoms with Gasteiger partial charge < -0.3 is 18.9 Å². The third-order valence-electron chi connectivity index (χ3n) is 8.15. The lowest BCUT2D eigenvalue weighted by molar-refractivity contribution is -0.165. The first-order valence-corrected chi connectivity index (χ1v) is 17.6. The van der Waals surface area contributed by atoms with Gasteiger partial charge in [-0.1, -0.05) is 134 Å². The highest BCUT2D eigenvalue weighted by atomic mass is 19.1. The molecule has 0 aliphatic heterocycles. The van der Waals surface area contributed by atoms with E-state index in [2.05, 4.69) is 27.7 Å². The Hall–Kier alpha value is -2.89. The molecule has 0 fully saturated rings. The van der Waals surface area contributed by atoms with Crippen LogP contribution >= 0.6 is 0 Å². The molecule has 0 spiro atoms. The summed E-state index contributed by atoms with van der Waals surface area (Å²) < 4.78 is 40.8. The van der Waals surface area contributed by atoms with Crippen molar-refractivity contribution in [2.75, 3.05) is 19.8 Å². The topological polar surface area (TPSA) is 36.9 Å². The number of halogens is 1. The highest BCUT2D eigenvalue weighted by Gasteiger charge is 2.24. The molecule has 248 valence electrons. The Morgan fingerprint density at radius 2 is 1.18 bits per heavy atom. The third kappa shape index (κ3) is 12.4. The summed E-state index contributed by atoms with van der Waals surface area (Å²) in [5.41, 5.74) is 3.22. The molecule has 0 aliphatic carbocycles. The Bertz CT molecular complexity index is 1210. The van der Waals surface area contributed by atoms with Crippen molar-refractivity contribution >= 4 is 0 Å². The van der Waals surface area contributed by atoms with E-state index in [0.717, 1.165) is 74.5 Å². The van der Waals surface area contributed by atoms with Crippen LogP contribution in [0.15, 0.2) is 66.7 Å². The molecule has 3 rings (SSSR count). The normalized spacial score (nSPS) is 12.6. The summed E-state index contributed by atoms with van der Waals surface area (Å²) in [6.45, 7) is 10.6. The van der Waals surface area contributed by atoms with E-state index in [0.29, 0.717) is 36.9 Å². The highest BCUT2D eigenvalue weighted by molar-refractivity contribution is 5.84. The van der Waals surface area contributed by atoms with Crippen LogP contribution in [0.2, 0.25) is 0 Å². The Morgan fingerprint density at radius 1 is 0.578 bits per heavy atom. The van der Waals surface area contributed by atoms with Gasteiger partial charge in [-0.05, 0) is 60.6 Å². The largest absolute Gasteiger partial charge is 0.490 e. The van der Waals surface area contributed by atoms with Gasteiger partial charge in [-0.15, -0.1) is 0 Å². The summed E-state index contributed by atoms with van der Waals surface area (Å²) in [7, 11) is 0. The molecule has 0 amide bonds. The number of hydrogen-bond acceptors (Lipinski definition) is 4. The quantitative estimate of drug-likeness (QED) is 0.0737. The molecular weight excluding hydrogens is 563 g/mol. The summed E-state index contributed by atoms with van der Waals surface area (Å²) in [5.74, 6) is 0.685. The van der Waals surface area contributed by atoms with E-state index < -0.39 is 6.29 Å². The minimum Gasteiger partial charge on any atom is -0.490 e. The number of rotatable bonds is 24. The standard InChI is InChI=1S/C40H57FO4/c1-5-9-12-13-14-19-29-43-38-27-21-26-36(39(38)41)35-25-16-15-24-34(35)32-22-20-23-33(31-32)45-40(44-30-18-11-7-3)37(8-4)42-28-17-10-6-2/h15-16,20-27,31,37,40H,5-14,17-19,28-30H2,1-4H3/t37-,40?/m0/s1. The van der Waals surface area contributed by atoms with Gasteiger partial charge in [0.05, 0.1) is 13.2 Å². The van der Waals surface area contributed by atoms with Crippen LogP contribution in [0.3, 0.4) is 0 Å². The van der Waals surface area contributed by atoms with Crippen LogP contribution in [0.1, 0.15) is 111 Å². The van der Waals surface area contributed by atoms with E-state index in [4.69, 9.17) is 18.9 Å². The monoisotopic (exact) mass is 620 g/mol. The molecule has 1 unspecified atom stereocenters. The first kappa shape index (κ1) is 36.6. The maximum Gasteiger partial charge on any atom is 0.226 e. The average molecular weight is 621 g/mol. The van der Waals surface area contributed by atoms with Crippen LogP contribution in [-0.4, -0.2) is 32.2 Å². The minimum atomic E-state index is -0.503. The Balaban J connectivity index is 1.78. The van der Waals surface area contributed by atoms with E-state index in [1.54, 1.807) is 6.07 Å². The van der Waals surface area contributed by atoms with Gasteiger partial charge in [-0.2, -0.15) is 0 Å². The van der Waals surface area contributed by atoms with E-state index in [1.807, 2.05) is 60.7 Å². The summed E-state index contributed by atoms with van der Waals surface area (Å²) in [6.07, 6.45) is 13.7. The van der Waals surface area contributed by atoms with Crippen LogP contribution in [0.25, 0.3) is 22.3 Å². The fraction of sp³-hybridized carbons (Fsp3) is 0.550. The fourth-order valence-electron chi connectivity index (χ4n) is 5.48. The summed E-state index contributed by atoms with van der Waals surface area (Å²) in [5, 5.41) is 0. The molecule has 45 heavy (non-hydrogen) atoms. The maximum absolute atomic E-state index is 15.9. The fourth-order valence-corrected chi connectivity index (χ4v) is 5.48. The van der Waals surface area contributed by atoms with Gasteiger partial charge in [0.25, 0.3) is 0 Å². The second-order valence-corrected chi connectivity index (χ2v) is 11.9. The second-order valence-electron chi connectivity index (χ2n) is 11.9. The Labute approximate surface area is 272 Å². The smallest absolute Gasteiger partial charge is 0.226 e. The van der Waals surface area contributed by atoms with Crippen LogP contribution in [-0.2, 0) is 9.47 Å². The second kappa shape index (κ2) is 21.8. The lowest BCUT2D eigenvalue weighted by Gasteiger charge is -2.27. The molecule has 0 bridgehead atoms. The van der Waals surface area contributed by atoms with Crippen molar-refractivity contribution in [2.24, 2.45) is 0 Å². The molecule has 2 atom stereocenters. The molecular formula is C40H57FO4. The third-order valence-corrected chi connectivity index (χ3v) is 8.15. The molecule has 0 N–H and O–H groups in total. The summed E-state index contributed by atoms with van der Waals surface area (Å²) in [6, 6.07) is 21.3. The van der Waals surface area contributed by atoms with Crippen LogP contribution in [0.4, 0.5) is 4.39 Å². The molecule has 3 aromatic carbocycles. The SMILES string of the molecule is CCCCCCCCOc1cccc(-c2ccccc2-c2cccc(OC(OCCCCC)[C@H](CC)OCCCCC)c2)c1F. The van der Waals surface area contributed by atoms with E-state index in [-0.39, 0.29) is 11.9 Å². The van der Waals surface area contributed by atoms with Crippen LogP contribution in [0, 0.1) is 5.82 Å². The predicted molar refractivity (Wildman–Crippen MR) is 186 cm³/mol. The van der Waals surface area contributed by atoms with Gasteiger partial charge in [0.1, 0.15) is 11.9 Å². The van der Waals surface area contributed by atoms with Gasteiger partial charge in [-0.25, -0.2) is 4.39 Å². The number of benzene rings is 3. The van der Waals surface area contributed by atoms with Crippen molar-refractivity contribution < 1.29 is 23.3 Å². The summed E-state index contributed by atoms with van der Waals surface area (Å²) in [4.78, 5) is 0. The van der Waals surface area contributed by atoms with Crippen molar-refractivity contribution in [3.8, 4) is 33.8 Å². The first-order chi connectivity index (χ1) is 22.1. The molecule has 0 saturated heterocycles. The number of hydrogen-bond donors (Lipinski definition) is 0. The van der Waals surface area contributed by atoms with Crippen molar-refractivity contribution in [1.82, 2.24) is 0 Å². The molecule has 0 heterocycles. The zero-order valence-corrected chi connectivity index (χ0v) is 28.3. The number of unbranched alkanes of at least 4 members (excludes halogenated alkanes) is 9. The van der Waals surface area contributed by atoms with Crippen LogP contribution in [0.5, 0.6) is 11.5 Å². The van der Waals surface area contributed by atoms with Crippen molar-refractivity contribution in [1.29, 1.82) is 0 Å². The van der Waals surface area contributed by atoms with E-state index in [9.17, 15) is 0 Å². The minimum absolute atomic E-state index is 0.160. The molecule has 0 saturated carbocycles. The highest BCUT2D eigenvalue weighted by Crippen LogP contribution is 2.37. The van der Waals surface area contributed by atoms with Crippen LogP contribution < -0.4 is 9.47 Å². The zero-order chi connectivity index (χ0) is 32.1. The Morgan fingerprint density at radius 3 is 1.91 bits per heavy atom. The zero-order valence-electron chi connectivity index (χ0n) is 28.3. The number of ether oxygens (including phenoxy) is 4. The molecule has 4 nitrogen and oxygen atoms in total. The van der Waals surface area contributed by atoms with Gasteiger partial charge in [-0.3, -0.25) is 0 Å². The van der Waals surface area contributed by atoms with E-state index >= 15 is 4.39 Å². The average Bonchev–Trinajstić information content (AvgIpc) is 3.07. The molecule has 5 heteroatoms. The van der Waals surface area contributed by atoms with Crippen molar-refractivity contribution in [3.63, 3.8) is 0 Å². The lowest BCUT2D eigenvalue weighted by atomic mass is 9.94. The summed E-state index contributed by atoms with van der Waals surface area (Å²) >= 11 is 0. The Kier molecular flexibility index (Phi) is 17.7. The maximum atomic E-state index is 15.9. The van der Waals surface area contributed by atoms with Crippen molar-refractivity contribution in [3.05, 3.63) is 72.5 Å². The lowest BCUT2D eigenvalue weighted by Crippen LogP contribution is -2.37. The van der Waals surface area contributed by atoms with E-state index in [1.165, 1.54) is 25.7 Å². The van der Waals surface area contributed by atoms with Gasteiger partial charge in [0.2, 0.25) is 6.29 Å². The molecule has 3 aromatic rings. The first-order valence-electron chi connectivity index (χ1n) is 17.6. The molecule has 0 aromatic heterocycles. The van der Waals surface area contributed by atoms with Gasteiger partial charge in [0.15, 0.2) is 11.6 Å². The molecule has 0 aliphatic rings. The molecule has 0 radical (unpaired) electrons. The van der Waals surface area contributed by atoms with Gasteiger partial charge >= 0.3 is 0 Å².